The molecule has 0 fully saturated rings. The van der Waals surface area contributed by atoms with Gasteiger partial charge in [-0.1, -0.05) is 6.92 Å². The minimum atomic E-state index is -4.72. The Bertz CT molecular complexity index is 1080. The summed E-state index contributed by atoms with van der Waals surface area (Å²) in [5.41, 5.74) is -0.659. The van der Waals surface area contributed by atoms with Gasteiger partial charge < -0.3 is 4.57 Å². The number of pyridine rings is 2. The van der Waals surface area contributed by atoms with Crippen molar-refractivity contribution in [2.75, 3.05) is 5.75 Å². The molecule has 0 bridgehead atoms. The van der Waals surface area contributed by atoms with Crippen LogP contribution in [0, 0.1) is 0 Å². The molecule has 0 N–H and O–H groups in total. The SMILES string of the molecule is CCS(=O)(=O)c1cc(C(F)(F)F)cnc1-c1nnc(-c2ccncc2)n1C. The first kappa shape index (κ1) is 19.0. The molecule has 3 heterocycles. The van der Waals surface area contributed by atoms with E-state index in [1.54, 1.807) is 31.6 Å². The highest BCUT2D eigenvalue weighted by atomic mass is 32.2. The number of sulfone groups is 1. The lowest BCUT2D eigenvalue weighted by Crippen LogP contribution is -2.13. The van der Waals surface area contributed by atoms with E-state index in [-0.39, 0.29) is 17.3 Å². The number of halogens is 3. The van der Waals surface area contributed by atoms with E-state index in [9.17, 15) is 21.6 Å². The van der Waals surface area contributed by atoms with Crippen LogP contribution in [0.25, 0.3) is 22.9 Å². The molecule has 0 saturated carbocycles. The molecule has 0 saturated heterocycles. The summed E-state index contributed by atoms with van der Waals surface area (Å²) in [6.07, 6.45) is -1.03. The Labute approximate surface area is 152 Å². The molecule has 0 aliphatic rings. The first-order valence-corrected chi connectivity index (χ1v) is 9.40. The highest BCUT2D eigenvalue weighted by molar-refractivity contribution is 7.91. The minimum Gasteiger partial charge on any atom is -0.309 e. The molecule has 0 atom stereocenters. The Morgan fingerprint density at radius 3 is 2.33 bits per heavy atom. The van der Waals surface area contributed by atoms with Gasteiger partial charge in [0.2, 0.25) is 0 Å². The highest BCUT2D eigenvalue weighted by Gasteiger charge is 2.34. The summed E-state index contributed by atoms with van der Waals surface area (Å²) < 4.78 is 65.3. The van der Waals surface area contributed by atoms with Crippen molar-refractivity contribution in [2.45, 2.75) is 18.0 Å². The monoisotopic (exact) mass is 397 g/mol. The van der Waals surface area contributed by atoms with E-state index in [1.807, 2.05) is 0 Å². The van der Waals surface area contributed by atoms with Crippen LogP contribution in [0.15, 0.2) is 41.7 Å². The lowest BCUT2D eigenvalue weighted by Gasteiger charge is -2.12. The van der Waals surface area contributed by atoms with Crippen LogP contribution in [0.4, 0.5) is 13.2 Å². The third kappa shape index (κ3) is 3.54. The van der Waals surface area contributed by atoms with Crippen LogP contribution in [0.2, 0.25) is 0 Å². The minimum absolute atomic E-state index is 0.0440. The zero-order chi connectivity index (χ0) is 19.8. The van der Waals surface area contributed by atoms with E-state index in [0.717, 1.165) is 0 Å². The Morgan fingerprint density at radius 2 is 1.74 bits per heavy atom. The maximum atomic E-state index is 13.0. The maximum Gasteiger partial charge on any atom is 0.417 e. The normalized spacial score (nSPS) is 12.3. The highest BCUT2D eigenvalue weighted by Crippen LogP contribution is 2.34. The number of alkyl halides is 3. The molecular weight excluding hydrogens is 383 g/mol. The molecule has 0 amide bonds. The molecule has 0 aliphatic heterocycles. The number of aromatic nitrogens is 5. The van der Waals surface area contributed by atoms with Gasteiger partial charge >= 0.3 is 6.18 Å². The molecule has 142 valence electrons. The first-order chi connectivity index (χ1) is 12.6. The quantitative estimate of drug-likeness (QED) is 0.672. The summed E-state index contributed by atoms with van der Waals surface area (Å²) in [6.45, 7) is 1.35. The van der Waals surface area contributed by atoms with Gasteiger partial charge in [0.25, 0.3) is 0 Å². The molecule has 0 aliphatic carbocycles. The molecule has 3 rings (SSSR count). The predicted octanol–water partition coefficient (Wildman–Crippen LogP) is 2.75. The molecule has 0 unspecified atom stereocenters. The van der Waals surface area contributed by atoms with Crippen molar-refractivity contribution in [3.05, 3.63) is 42.4 Å². The van der Waals surface area contributed by atoms with Crippen molar-refractivity contribution < 1.29 is 21.6 Å². The molecule has 3 aromatic heterocycles. The summed E-state index contributed by atoms with van der Waals surface area (Å²) in [7, 11) is -2.41. The Kier molecular flexibility index (Phi) is 4.72. The molecule has 11 heteroatoms. The Morgan fingerprint density at radius 1 is 1.11 bits per heavy atom. The Hall–Kier alpha value is -2.82. The smallest absolute Gasteiger partial charge is 0.309 e. The summed E-state index contributed by atoms with van der Waals surface area (Å²) in [5, 5.41) is 7.96. The summed E-state index contributed by atoms with van der Waals surface area (Å²) >= 11 is 0. The van der Waals surface area contributed by atoms with Crippen molar-refractivity contribution in [1.82, 2.24) is 24.7 Å². The van der Waals surface area contributed by atoms with Gasteiger partial charge in [0.05, 0.1) is 16.2 Å². The third-order valence-corrected chi connectivity index (χ3v) is 5.66. The standard InChI is InChI=1S/C16H14F3N5O2S/c1-3-27(25,26)12-8-11(16(17,18)19)9-21-13(12)15-23-22-14(24(15)2)10-4-6-20-7-5-10/h4-9H,3H2,1-2H3. The van der Waals surface area contributed by atoms with E-state index >= 15 is 0 Å². The van der Waals surface area contributed by atoms with Crippen LogP contribution in [0.3, 0.4) is 0 Å². The van der Waals surface area contributed by atoms with Gasteiger partial charge in [-0.2, -0.15) is 13.2 Å². The molecule has 0 aromatic carbocycles. The van der Waals surface area contributed by atoms with Crippen LogP contribution in [0.5, 0.6) is 0 Å². The van der Waals surface area contributed by atoms with Crippen LogP contribution in [-0.2, 0) is 23.1 Å². The second-order valence-electron chi connectivity index (χ2n) is 5.61. The van der Waals surface area contributed by atoms with Crippen LogP contribution < -0.4 is 0 Å². The third-order valence-electron chi connectivity index (χ3n) is 3.92. The summed E-state index contributed by atoms with van der Waals surface area (Å²) in [4.78, 5) is 7.13. The molecular formula is C16H14F3N5O2S. The van der Waals surface area contributed by atoms with Crippen molar-refractivity contribution in [3.63, 3.8) is 0 Å². The first-order valence-electron chi connectivity index (χ1n) is 7.75. The zero-order valence-electron chi connectivity index (χ0n) is 14.3. The molecule has 3 aromatic rings. The van der Waals surface area contributed by atoms with Gasteiger partial charge in [0, 0.05) is 31.2 Å². The van der Waals surface area contributed by atoms with Gasteiger partial charge in [0.1, 0.15) is 5.69 Å². The van der Waals surface area contributed by atoms with E-state index in [1.165, 1.54) is 11.5 Å². The van der Waals surface area contributed by atoms with Crippen molar-refractivity contribution in [2.24, 2.45) is 7.05 Å². The molecule has 27 heavy (non-hydrogen) atoms. The Balaban J connectivity index is 2.22. The second kappa shape index (κ2) is 6.72. The van der Waals surface area contributed by atoms with Crippen molar-refractivity contribution in [1.29, 1.82) is 0 Å². The largest absolute Gasteiger partial charge is 0.417 e. The molecule has 0 spiro atoms. The van der Waals surface area contributed by atoms with E-state index in [0.29, 0.717) is 23.7 Å². The lowest BCUT2D eigenvalue weighted by molar-refractivity contribution is -0.138. The summed E-state index contributed by atoms with van der Waals surface area (Å²) in [6, 6.07) is 3.94. The predicted molar refractivity (Wildman–Crippen MR) is 90.2 cm³/mol. The summed E-state index contributed by atoms with van der Waals surface area (Å²) in [5.74, 6) is 0.0643. The topological polar surface area (TPSA) is 90.6 Å². The average molecular weight is 397 g/mol. The van der Waals surface area contributed by atoms with Gasteiger partial charge in [-0.25, -0.2) is 8.42 Å². The molecule has 7 nitrogen and oxygen atoms in total. The van der Waals surface area contributed by atoms with Crippen LogP contribution >= 0.6 is 0 Å². The van der Waals surface area contributed by atoms with Gasteiger partial charge in [-0.15, -0.1) is 10.2 Å². The maximum absolute atomic E-state index is 13.0. The number of hydrogen-bond donors (Lipinski definition) is 0. The fourth-order valence-corrected chi connectivity index (χ4v) is 3.50. The fraction of sp³-hybridized carbons (Fsp3) is 0.250. The second-order valence-corrected chi connectivity index (χ2v) is 7.86. The lowest BCUT2D eigenvalue weighted by atomic mass is 10.2. The van der Waals surface area contributed by atoms with E-state index in [2.05, 4.69) is 20.2 Å². The van der Waals surface area contributed by atoms with Gasteiger partial charge in [-0.3, -0.25) is 9.97 Å². The van der Waals surface area contributed by atoms with Crippen molar-refractivity contribution >= 4 is 9.84 Å². The van der Waals surface area contributed by atoms with Crippen molar-refractivity contribution in [3.8, 4) is 22.9 Å². The molecule has 0 radical (unpaired) electrons. The van der Waals surface area contributed by atoms with Crippen LogP contribution in [0.1, 0.15) is 12.5 Å². The van der Waals surface area contributed by atoms with E-state index in [4.69, 9.17) is 0 Å². The van der Waals surface area contributed by atoms with Gasteiger partial charge in [0.15, 0.2) is 21.5 Å². The number of rotatable bonds is 4. The van der Waals surface area contributed by atoms with E-state index < -0.39 is 26.5 Å². The fourth-order valence-electron chi connectivity index (χ4n) is 2.45. The van der Waals surface area contributed by atoms with Crippen LogP contribution in [-0.4, -0.2) is 38.9 Å². The number of hydrogen-bond acceptors (Lipinski definition) is 6. The number of nitrogens with zero attached hydrogens (tertiary/aromatic N) is 5. The zero-order valence-corrected chi connectivity index (χ0v) is 15.1. The van der Waals surface area contributed by atoms with Gasteiger partial charge in [-0.05, 0) is 18.2 Å². The average Bonchev–Trinajstić information content (AvgIpc) is 3.02.